The zero-order valence-electron chi connectivity index (χ0n) is 21.3. The van der Waals surface area contributed by atoms with Crippen LogP contribution in [0, 0.1) is 5.92 Å². The molecule has 196 valence electrons. The molecule has 0 unspecified atom stereocenters. The molecule has 6 nitrogen and oxygen atoms in total. The second kappa shape index (κ2) is 11.2. The highest BCUT2D eigenvalue weighted by Gasteiger charge is 2.26. The van der Waals surface area contributed by atoms with E-state index in [4.69, 9.17) is 10.2 Å². The summed E-state index contributed by atoms with van der Waals surface area (Å²) in [4.78, 5) is 17.1. The molecule has 0 spiro atoms. The smallest absolute Gasteiger partial charge is 0.355 e. The molecule has 3 aromatic carbocycles. The second-order valence-corrected chi connectivity index (χ2v) is 11.4. The van der Waals surface area contributed by atoms with Crippen LogP contribution in [-0.2, 0) is 12.8 Å². The maximum atomic E-state index is 11.7. The van der Waals surface area contributed by atoms with Gasteiger partial charge in [-0.05, 0) is 65.6 Å². The van der Waals surface area contributed by atoms with Gasteiger partial charge in [0, 0.05) is 27.8 Å². The molecule has 2 heterocycles. The topological polar surface area (TPSA) is 94.0 Å². The van der Waals surface area contributed by atoms with Gasteiger partial charge >= 0.3 is 5.97 Å². The Morgan fingerprint density at radius 1 is 1.00 bits per heavy atom. The molecule has 3 N–H and O–H groups in total. The Balaban J connectivity index is 1.52. The Hall–Kier alpha value is -3.72. The number of carboxylic acids is 1. The molecule has 0 radical (unpaired) electrons. The van der Waals surface area contributed by atoms with Gasteiger partial charge < -0.3 is 5.11 Å². The van der Waals surface area contributed by atoms with E-state index in [9.17, 15) is 9.90 Å². The van der Waals surface area contributed by atoms with Crippen molar-refractivity contribution < 1.29 is 9.90 Å². The van der Waals surface area contributed by atoms with Gasteiger partial charge in [-0.1, -0.05) is 73.5 Å². The van der Waals surface area contributed by atoms with E-state index in [0.717, 1.165) is 57.3 Å². The van der Waals surface area contributed by atoms with Crippen LogP contribution in [0.25, 0.3) is 27.5 Å². The van der Waals surface area contributed by atoms with Gasteiger partial charge in [-0.2, -0.15) is 5.10 Å². The maximum absolute atomic E-state index is 11.7. The molecule has 39 heavy (non-hydrogen) atoms. The molecule has 2 aromatic heterocycles. The highest BCUT2D eigenvalue weighted by Crippen LogP contribution is 2.38. The fraction of sp³-hybridized carbons (Fsp3) is 0.194. The van der Waals surface area contributed by atoms with Crippen LogP contribution in [0.2, 0.25) is 0 Å². The van der Waals surface area contributed by atoms with Gasteiger partial charge in [-0.15, -0.1) is 11.3 Å². The quantitative estimate of drug-likeness (QED) is 0.177. The predicted octanol–water partition coefficient (Wildman–Crippen LogP) is 7.26. The van der Waals surface area contributed by atoms with Gasteiger partial charge in [0.2, 0.25) is 5.13 Å². The van der Waals surface area contributed by atoms with Gasteiger partial charge in [-0.3, -0.25) is 5.14 Å². The molecule has 6 rings (SSSR count). The minimum Gasteiger partial charge on any atom is -0.476 e. The van der Waals surface area contributed by atoms with Crippen LogP contribution in [0.3, 0.4) is 0 Å². The number of benzene rings is 3. The number of rotatable bonds is 10. The summed E-state index contributed by atoms with van der Waals surface area (Å²) < 4.78 is 1.86. The van der Waals surface area contributed by atoms with Gasteiger partial charge in [0.15, 0.2) is 5.69 Å². The normalized spacial score (nSPS) is 13.1. The Morgan fingerprint density at radius 3 is 2.44 bits per heavy atom. The van der Waals surface area contributed by atoms with E-state index in [2.05, 4.69) is 53.5 Å². The van der Waals surface area contributed by atoms with Crippen LogP contribution in [0.4, 0.5) is 0 Å². The Morgan fingerprint density at radius 2 is 1.74 bits per heavy atom. The van der Waals surface area contributed by atoms with Crippen molar-refractivity contribution in [3.05, 3.63) is 107 Å². The molecule has 0 atom stereocenters. The van der Waals surface area contributed by atoms with Crippen molar-refractivity contribution in [2.75, 3.05) is 0 Å². The second-order valence-electron chi connectivity index (χ2n) is 9.87. The van der Waals surface area contributed by atoms with Gasteiger partial charge in [0.05, 0.1) is 11.4 Å². The average Bonchev–Trinajstić information content (AvgIpc) is 3.54. The number of nitrogens with two attached hydrogens (primary N) is 1. The number of aryl methyl sites for hydroxylation is 1. The van der Waals surface area contributed by atoms with Crippen molar-refractivity contribution in [3.63, 3.8) is 0 Å². The lowest BCUT2D eigenvalue weighted by molar-refractivity contribution is 0.0691. The standard InChI is InChI=1S/C31H28N4O2S2/c32-39-25-14-11-21(12-15-25)17-26-27(16-13-20-9-10-20)34-35(31-33-28(19-38-31)30(36)37)29(26)24-8-4-7-23(18-24)22-5-2-1-3-6-22/h1-8,11-12,14-15,18-20H,9-10,13,16-17,32H2,(H,36,37). The Bertz CT molecular complexity index is 1610. The molecule has 5 aromatic rings. The Labute approximate surface area is 235 Å². The summed E-state index contributed by atoms with van der Waals surface area (Å²) >= 11 is 2.54. The van der Waals surface area contributed by atoms with E-state index in [-0.39, 0.29) is 5.69 Å². The molecule has 1 saturated carbocycles. The van der Waals surface area contributed by atoms with Crippen LogP contribution in [0.1, 0.15) is 46.6 Å². The highest BCUT2D eigenvalue weighted by molar-refractivity contribution is 7.97. The predicted molar refractivity (Wildman–Crippen MR) is 157 cm³/mol. The van der Waals surface area contributed by atoms with Crippen molar-refractivity contribution in [1.29, 1.82) is 0 Å². The first kappa shape index (κ1) is 25.6. The summed E-state index contributed by atoms with van der Waals surface area (Å²) in [7, 11) is 0. The summed E-state index contributed by atoms with van der Waals surface area (Å²) in [6.07, 6.45) is 5.27. The molecular weight excluding hydrogens is 525 g/mol. The Kier molecular flexibility index (Phi) is 7.32. The molecule has 0 amide bonds. The van der Waals surface area contributed by atoms with E-state index in [1.54, 1.807) is 5.38 Å². The molecule has 1 aliphatic rings. The molecule has 1 fully saturated rings. The highest BCUT2D eigenvalue weighted by atomic mass is 32.2. The van der Waals surface area contributed by atoms with Crippen molar-refractivity contribution in [2.45, 2.75) is 37.0 Å². The summed E-state index contributed by atoms with van der Waals surface area (Å²) in [5.41, 5.74) is 7.64. The first-order valence-electron chi connectivity index (χ1n) is 13.0. The first-order chi connectivity index (χ1) is 19.1. The van der Waals surface area contributed by atoms with Crippen molar-refractivity contribution in [2.24, 2.45) is 11.1 Å². The lowest BCUT2D eigenvalue weighted by Gasteiger charge is -2.11. The fourth-order valence-electron chi connectivity index (χ4n) is 4.89. The maximum Gasteiger partial charge on any atom is 0.355 e. The lowest BCUT2D eigenvalue weighted by atomic mass is 9.95. The van der Waals surface area contributed by atoms with Crippen LogP contribution in [-0.4, -0.2) is 25.8 Å². The number of aromatic carboxylic acids is 1. The number of thiazole rings is 1. The first-order valence-corrected chi connectivity index (χ1v) is 14.8. The van der Waals surface area contributed by atoms with Crippen molar-refractivity contribution in [3.8, 4) is 27.5 Å². The third-order valence-corrected chi connectivity index (χ3v) is 8.49. The van der Waals surface area contributed by atoms with E-state index in [1.165, 1.54) is 41.7 Å². The molecular formula is C31H28N4O2S2. The SMILES string of the molecule is NSc1ccc(Cc2c(CCC3CC3)nn(-c3nc(C(=O)O)cs3)c2-c2cccc(-c3ccccc3)c2)cc1. The monoisotopic (exact) mass is 552 g/mol. The minimum absolute atomic E-state index is 0.0328. The fourth-order valence-corrected chi connectivity index (χ4v) is 5.94. The van der Waals surface area contributed by atoms with Crippen LogP contribution in [0.15, 0.2) is 89.1 Å². The van der Waals surface area contributed by atoms with Crippen LogP contribution < -0.4 is 5.14 Å². The summed E-state index contributed by atoms with van der Waals surface area (Å²) in [5, 5.41) is 22.6. The molecule has 1 aliphatic carbocycles. The van der Waals surface area contributed by atoms with E-state index in [1.807, 2.05) is 35.0 Å². The third kappa shape index (κ3) is 5.68. The van der Waals surface area contributed by atoms with E-state index < -0.39 is 5.97 Å². The molecule has 0 aliphatic heterocycles. The van der Waals surface area contributed by atoms with Crippen LogP contribution in [0.5, 0.6) is 0 Å². The van der Waals surface area contributed by atoms with Gasteiger partial charge in [0.1, 0.15) is 0 Å². The van der Waals surface area contributed by atoms with Gasteiger partial charge in [0.25, 0.3) is 0 Å². The number of carboxylic acid groups (broad SMARTS) is 1. The lowest BCUT2D eigenvalue weighted by Crippen LogP contribution is -2.02. The third-order valence-electron chi connectivity index (χ3n) is 7.13. The average molecular weight is 553 g/mol. The molecule has 0 bridgehead atoms. The zero-order chi connectivity index (χ0) is 26.8. The van der Waals surface area contributed by atoms with Crippen molar-refractivity contribution >= 4 is 29.3 Å². The molecule has 8 heteroatoms. The largest absolute Gasteiger partial charge is 0.476 e. The summed E-state index contributed by atoms with van der Waals surface area (Å²) in [5.74, 6) is -0.267. The van der Waals surface area contributed by atoms with Crippen LogP contribution >= 0.6 is 23.3 Å². The summed E-state index contributed by atoms with van der Waals surface area (Å²) in [6.45, 7) is 0. The molecule has 0 saturated heterocycles. The van der Waals surface area contributed by atoms with E-state index in [0.29, 0.717) is 11.6 Å². The number of aromatic nitrogens is 3. The number of carbonyl (C=O) groups is 1. The van der Waals surface area contributed by atoms with Gasteiger partial charge in [-0.25, -0.2) is 14.5 Å². The number of nitrogens with zero attached hydrogens (tertiary/aromatic N) is 3. The zero-order valence-corrected chi connectivity index (χ0v) is 22.9. The van der Waals surface area contributed by atoms with E-state index >= 15 is 0 Å². The number of hydrogen-bond acceptors (Lipinski definition) is 6. The summed E-state index contributed by atoms with van der Waals surface area (Å²) in [6, 6.07) is 27.1. The minimum atomic E-state index is -1.04. The number of hydrogen-bond donors (Lipinski definition) is 2. The van der Waals surface area contributed by atoms with Crippen molar-refractivity contribution in [1.82, 2.24) is 14.8 Å².